The van der Waals surface area contributed by atoms with E-state index < -0.39 is 16.2 Å². The van der Waals surface area contributed by atoms with E-state index in [1.807, 2.05) is 0 Å². The predicted molar refractivity (Wildman–Crippen MR) is 301 cm³/mol. The van der Waals surface area contributed by atoms with Crippen LogP contribution in [0.4, 0.5) is 0 Å². The van der Waals surface area contributed by atoms with Gasteiger partial charge in [0.2, 0.25) is 0 Å². The van der Waals surface area contributed by atoms with Gasteiger partial charge in [0, 0.05) is 92.3 Å². The molecule has 0 spiro atoms. The minimum atomic E-state index is -0.594. The lowest BCUT2D eigenvalue weighted by Gasteiger charge is -2.46. The van der Waals surface area contributed by atoms with Crippen molar-refractivity contribution in [3.05, 3.63) is 151 Å². The van der Waals surface area contributed by atoms with E-state index in [9.17, 15) is 20.4 Å². The largest absolute Gasteiger partial charge is 0.507 e. The van der Waals surface area contributed by atoms with E-state index in [2.05, 4.69) is 93.6 Å². The summed E-state index contributed by atoms with van der Waals surface area (Å²) >= 11 is 0. The zero-order chi connectivity index (χ0) is 54.2. The Morgan fingerprint density at radius 2 is 0.829 bits per heavy atom. The Hall–Kier alpha value is -4.94. The minimum absolute atomic E-state index is 0.188. The van der Waals surface area contributed by atoms with Gasteiger partial charge in [-0.25, -0.2) is 0 Å². The molecule has 0 amide bonds. The van der Waals surface area contributed by atoms with Gasteiger partial charge in [-0.2, -0.15) is 0 Å². The van der Waals surface area contributed by atoms with Gasteiger partial charge in [0.05, 0.1) is 39.6 Å². The quantitative estimate of drug-likeness (QED) is 0.0530. The molecule has 3 saturated carbocycles. The summed E-state index contributed by atoms with van der Waals surface area (Å²) in [7, 11) is 10.0. The Bertz CT molecular complexity index is 2620. The first kappa shape index (κ1) is 57.2. The van der Waals surface area contributed by atoms with Crippen LogP contribution in [0.3, 0.4) is 0 Å². The maximum absolute atomic E-state index is 12.2. The number of aromatic hydroxyl groups is 4. The summed E-state index contributed by atoms with van der Waals surface area (Å²) < 4.78 is 34.4. The molecule has 3 aliphatic rings. The van der Waals surface area contributed by atoms with E-state index in [1.54, 1.807) is 42.7 Å². The van der Waals surface area contributed by atoms with Gasteiger partial charge in [0.15, 0.2) is 0 Å². The Labute approximate surface area is 454 Å². The van der Waals surface area contributed by atoms with Gasteiger partial charge in [-0.1, -0.05) is 109 Å². The van der Waals surface area contributed by atoms with Gasteiger partial charge < -0.3 is 48.8 Å². The van der Waals surface area contributed by atoms with Crippen LogP contribution in [0.15, 0.2) is 72.8 Å². The lowest BCUT2D eigenvalue weighted by atomic mass is 9.58. The monoisotopic (exact) mass is 1040 g/mol. The third-order valence-electron chi connectivity index (χ3n) is 18.1. The molecular weight excluding hydrogens is 953 g/mol. The molecular formula is C66H88O10. The van der Waals surface area contributed by atoms with Gasteiger partial charge in [0.1, 0.15) is 23.0 Å². The number of rotatable bonds is 22. The lowest BCUT2D eigenvalue weighted by molar-refractivity contribution is 0.173. The second kappa shape index (κ2) is 25.2. The van der Waals surface area contributed by atoms with Crippen LogP contribution in [0.1, 0.15) is 207 Å². The lowest BCUT2D eigenvalue weighted by Crippen LogP contribution is -2.38. The SMILES string of the molecule is COCc1cc(C(C)(C)c2cccc(C(C)(CC3CCCC(c4cc(COC)c(O)c(C5CCCCC5)c4)(c4cc(COC)c(O)c(C5CCCCC5)c4)C3)c3cc(COC)c(O)c(COC)c3)c2)cc(COC)c1O. The van der Waals surface area contributed by atoms with Crippen LogP contribution in [-0.2, 0) is 84.3 Å². The summed E-state index contributed by atoms with van der Waals surface area (Å²) in [5.41, 5.74) is 11.8. The Morgan fingerprint density at radius 1 is 0.434 bits per heavy atom. The minimum Gasteiger partial charge on any atom is -0.507 e. The first-order valence-electron chi connectivity index (χ1n) is 28.1. The van der Waals surface area contributed by atoms with Crippen molar-refractivity contribution in [3.8, 4) is 23.0 Å². The Morgan fingerprint density at radius 3 is 1.25 bits per heavy atom. The van der Waals surface area contributed by atoms with Crippen LogP contribution in [0.2, 0.25) is 0 Å². The summed E-state index contributed by atoms with van der Waals surface area (Å²) in [6.45, 7) is 8.47. The van der Waals surface area contributed by atoms with E-state index in [0.29, 0.717) is 47.0 Å². The predicted octanol–water partition coefficient (Wildman–Crippen LogP) is 14.7. The zero-order valence-electron chi connectivity index (χ0n) is 47.2. The van der Waals surface area contributed by atoms with Crippen molar-refractivity contribution in [3.63, 3.8) is 0 Å². The standard InChI is InChI=1S/C66H88O10/c1-64(2,54-26-46(37-71-4)60(67)47(27-54)38-72-5)52-23-16-24-53(32-52)65(3,55-28-48(39-73-6)61(68)49(29-55)40-74-7)35-43-18-17-25-66(36-43,56-30-50(41-75-8)62(69)58(33-56)44-19-12-10-13-20-44)57-31-51(42-76-9)63(70)59(34-57)45-21-14-11-15-22-45/h16,23-24,26-34,43-45,67-70H,10-15,17-22,25,35-42H2,1-9H3. The van der Waals surface area contributed by atoms with Crippen molar-refractivity contribution in [2.45, 2.75) is 185 Å². The first-order valence-corrected chi connectivity index (χ1v) is 28.1. The third kappa shape index (κ3) is 11.9. The third-order valence-corrected chi connectivity index (χ3v) is 18.1. The van der Waals surface area contributed by atoms with Crippen LogP contribution in [0.25, 0.3) is 0 Å². The Balaban J connectivity index is 1.33. The van der Waals surface area contributed by atoms with E-state index in [0.717, 1.165) is 128 Å². The fourth-order valence-corrected chi connectivity index (χ4v) is 13.9. The van der Waals surface area contributed by atoms with Crippen molar-refractivity contribution < 1.29 is 48.8 Å². The van der Waals surface area contributed by atoms with Crippen molar-refractivity contribution in [2.75, 3.05) is 42.7 Å². The van der Waals surface area contributed by atoms with Gasteiger partial charge >= 0.3 is 0 Å². The number of phenolic OH excluding ortho intramolecular Hbond substituents is 4. The molecule has 412 valence electrons. The number of ether oxygens (including phenoxy) is 6. The van der Waals surface area contributed by atoms with Gasteiger partial charge in [-0.05, 0) is 144 Å². The molecule has 0 radical (unpaired) electrons. The number of phenols is 4. The average Bonchev–Trinajstić information content (AvgIpc) is 3.45. The van der Waals surface area contributed by atoms with Crippen molar-refractivity contribution >= 4 is 0 Å². The van der Waals surface area contributed by atoms with Crippen molar-refractivity contribution in [2.24, 2.45) is 5.92 Å². The molecule has 0 heterocycles. The maximum atomic E-state index is 12.2. The number of benzene rings is 5. The van der Waals surface area contributed by atoms with Gasteiger partial charge in [-0.15, -0.1) is 0 Å². The van der Waals surface area contributed by atoms with Gasteiger partial charge in [-0.3, -0.25) is 0 Å². The normalized spacial score (nSPS) is 18.5. The number of hydrogen-bond donors (Lipinski definition) is 4. The van der Waals surface area contributed by atoms with Crippen LogP contribution in [-0.4, -0.2) is 63.1 Å². The maximum Gasteiger partial charge on any atom is 0.126 e. The summed E-state index contributed by atoms with van der Waals surface area (Å²) in [6, 6.07) is 26.6. The molecule has 10 nitrogen and oxygen atoms in total. The molecule has 10 heteroatoms. The molecule has 3 aliphatic carbocycles. The number of hydrogen-bond acceptors (Lipinski definition) is 10. The topological polar surface area (TPSA) is 136 Å². The van der Waals surface area contributed by atoms with Crippen LogP contribution >= 0.6 is 0 Å². The molecule has 4 N–H and O–H groups in total. The average molecular weight is 1040 g/mol. The van der Waals surface area contributed by atoms with Crippen molar-refractivity contribution in [1.82, 2.24) is 0 Å². The molecule has 0 aliphatic heterocycles. The number of methoxy groups -OCH3 is 6. The molecule has 2 atom stereocenters. The molecule has 5 aromatic carbocycles. The summed E-state index contributed by atoms with van der Waals surface area (Å²) in [6.07, 6.45) is 15.7. The molecule has 0 saturated heterocycles. The molecule has 2 unspecified atom stereocenters. The molecule has 5 aromatic rings. The van der Waals surface area contributed by atoms with E-state index in [-0.39, 0.29) is 55.7 Å². The molecule has 0 bridgehead atoms. The van der Waals surface area contributed by atoms with E-state index in [4.69, 9.17) is 28.4 Å². The fraction of sp³-hybridized carbons (Fsp3) is 0.545. The fourth-order valence-electron chi connectivity index (χ4n) is 13.9. The van der Waals surface area contributed by atoms with Crippen molar-refractivity contribution in [1.29, 1.82) is 0 Å². The van der Waals surface area contributed by atoms with Crippen LogP contribution in [0.5, 0.6) is 23.0 Å². The molecule has 8 rings (SSSR count). The second-order valence-corrected chi connectivity index (χ2v) is 23.5. The highest BCUT2D eigenvalue weighted by atomic mass is 16.5. The van der Waals surface area contributed by atoms with Crippen LogP contribution < -0.4 is 0 Å². The van der Waals surface area contributed by atoms with Crippen LogP contribution in [0, 0.1) is 5.92 Å². The Kier molecular flexibility index (Phi) is 19.0. The van der Waals surface area contributed by atoms with E-state index in [1.165, 1.54) is 24.0 Å². The highest BCUT2D eigenvalue weighted by Crippen LogP contribution is 2.55. The summed E-state index contributed by atoms with van der Waals surface area (Å²) in [4.78, 5) is 0. The molecule has 0 aromatic heterocycles. The van der Waals surface area contributed by atoms with Gasteiger partial charge in [0.25, 0.3) is 0 Å². The smallest absolute Gasteiger partial charge is 0.126 e. The molecule has 76 heavy (non-hydrogen) atoms. The highest BCUT2D eigenvalue weighted by Gasteiger charge is 2.45. The second-order valence-electron chi connectivity index (χ2n) is 23.5. The zero-order valence-corrected chi connectivity index (χ0v) is 47.2. The first-order chi connectivity index (χ1) is 36.7. The highest BCUT2D eigenvalue weighted by molar-refractivity contribution is 5.56. The van der Waals surface area contributed by atoms with E-state index >= 15 is 0 Å². The summed E-state index contributed by atoms with van der Waals surface area (Å²) in [5, 5.41) is 47.3. The summed E-state index contributed by atoms with van der Waals surface area (Å²) in [5.74, 6) is 1.84. The molecule has 3 fully saturated rings.